The maximum atomic E-state index is 11.2. The van der Waals surface area contributed by atoms with Crippen LogP contribution in [0.2, 0.25) is 0 Å². The Kier molecular flexibility index (Phi) is 3.20. The predicted molar refractivity (Wildman–Crippen MR) is 95.4 cm³/mol. The molecule has 1 aromatic heterocycles. The van der Waals surface area contributed by atoms with Gasteiger partial charge >= 0.3 is 5.97 Å². The molecule has 0 radical (unpaired) electrons. The minimum absolute atomic E-state index is 0.259. The molecule has 23 heavy (non-hydrogen) atoms. The lowest BCUT2D eigenvalue weighted by Crippen LogP contribution is -2.00. The molecule has 1 heterocycles. The third kappa shape index (κ3) is 2.14. The highest BCUT2D eigenvalue weighted by atomic mass is 79.9. The number of carbonyl (C=O) groups is 1. The molecule has 4 aromatic rings. The number of carboxylic acid groups (broad SMARTS) is 1. The molecule has 0 saturated heterocycles. The fourth-order valence-electron chi connectivity index (χ4n) is 3.02. The summed E-state index contributed by atoms with van der Waals surface area (Å²) in [6, 6.07) is 21.8. The third-order valence-corrected chi connectivity index (χ3v) is 4.68. The summed E-state index contributed by atoms with van der Waals surface area (Å²) < 4.78 is 2.73. The molecule has 3 nitrogen and oxygen atoms in total. The number of aromatic nitrogens is 1. The topological polar surface area (TPSA) is 42.2 Å². The Labute approximate surface area is 140 Å². The first kappa shape index (κ1) is 14.0. The zero-order valence-electron chi connectivity index (χ0n) is 12.0. The Hall–Kier alpha value is -2.59. The number of hydrogen-bond acceptors (Lipinski definition) is 1. The largest absolute Gasteiger partial charge is 0.478 e. The molecule has 112 valence electrons. The highest BCUT2D eigenvalue weighted by Gasteiger charge is 2.14. The summed E-state index contributed by atoms with van der Waals surface area (Å²) in [7, 11) is 0. The molecule has 3 aromatic carbocycles. The Balaban J connectivity index is 2.08. The van der Waals surface area contributed by atoms with E-state index >= 15 is 0 Å². The maximum Gasteiger partial charge on any atom is 0.336 e. The molecule has 0 fully saturated rings. The van der Waals surface area contributed by atoms with E-state index in [1.54, 1.807) is 6.07 Å². The van der Waals surface area contributed by atoms with Crippen molar-refractivity contribution in [3.63, 3.8) is 0 Å². The van der Waals surface area contributed by atoms with Crippen molar-refractivity contribution in [3.8, 4) is 5.69 Å². The first-order valence-electron chi connectivity index (χ1n) is 7.18. The maximum absolute atomic E-state index is 11.2. The summed E-state index contributed by atoms with van der Waals surface area (Å²) >= 11 is 3.37. The molecule has 0 amide bonds. The number of para-hydroxylation sites is 2. The highest BCUT2D eigenvalue weighted by molar-refractivity contribution is 9.10. The van der Waals surface area contributed by atoms with Gasteiger partial charge in [-0.05, 0) is 46.3 Å². The van der Waals surface area contributed by atoms with Crippen LogP contribution < -0.4 is 0 Å². The number of rotatable bonds is 2. The van der Waals surface area contributed by atoms with Gasteiger partial charge in [0, 0.05) is 20.9 Å². The molecule has 0 unspecified atom stereocenters. The Morgan fingerprint density at radius 3 is 1.96 bits per heavy atom. The summed E-state index contributed by atoms with van der Waals surface area (Å²) in [5.41, 5.74) is 3.39. The molecule has 0 aliphatic carbocycles. The fraction of sp³-hybridized carbons (Fsp3) is 0. The van der Waals surface area contributed by atoms with Gasteiger partial charge in [-0.15, -0.1) is 0 Å². The van der Waals surface area contributed by atoms with Crippen molar-refractivity contribution >= 4 is 43.7 Å². The van der Waals surface area contributed by atoms with E-state index in [0.717, 1.165) is 16.7 Å². The van der Waals surface area contributed by atoms with E-state index in [0.29, 0.717) is 4.47 Å². The van der Waals surface area contributed by atoms with Gasteiger partial charge < -0.3 is 9.67 Å². The molecule has 0 spiro atoms. The molecule has 4 rings (SSSR count). The second-order valence-electron chi connectivity index (χ2n) is 5.34. The Morgan fingerprint density at radius 2 is 1.43 bits per heavy atom. The normalized spacial score (nSPS) is 11.2. The minimum atomic E-state index is -0.939. The van der Waals surface area contributed by atoms with Gasteiger partial charge in [-0.1, -0.05) is 36.4 Å². The van der Waals surface area contributed by atoms with Gasteiger partial charge in [0.15, 0.2) is 0 Å². The number of benzene rings is 3. The van der Waals surface area contributed by atoms with Crippen molar-refractivity contribution in [3.05, 3.63) is 76.8 Å². The molecule has 0 atom stereocenters. The molecular formula is C19H12BrNO2. The van der Waals surface area contributed by atoms with Gasteiger partial charge in [-0.2, -0.15) is 0 Å². The summed E-state index contributed by atoms with van der Waals surface area (Å²) in [6.45, 7) is 0. The van der Waals surface area contributed by atoms with Gasteiger partial charge in [0.25, 0.3) is 0 Å². The van der Waals surface area contributed by atoms with Gasteiger partial charge in [0.05, 0.1) is 16.6 Å². The van der Waals surface area contributed by atoms with E-state index in [1.165, 1.54) is 10.8 Å². The second-order valence-corrected chi connectivity index (χ2v) is 6.19. The fourth-order valence-corrected chi connectivity index (χ4v) is 3.55. The second kappa shape index (κ2) is 5.25. The lowest BCUT2D eigenvalue weighted by atomic mass is 10.2. The first-order chi connectivity index (χ1) is 11.2. The molecule has 0 aliphatic heterocycles. The number of fused-ring (bicyclic) bond motifs is 3. The standard InChI is InChI=1S/C19H12BrNO2/c20-16-11-12(9-10-15(16)19(22)23)21-17-7-3-1-5-13(17)14-6-2-4-8-18(14)21/h1-11H,(H,22,23). The van der Waals surface area contributed by atoms with Crippen LogP contribution in [0.1, 0.15) is 10.4 Å². The van der Waals surface area contributed by atoms with E-state index in [1.807, 2.05) is 36.4 Å². The zero-order valence-corrected chi connectivity index (χ0v) is 13.6. The van der Waals surface area contributed by atoms with Crippen molar-refractivity contribution in [1.29, 1.82) is 0 Å². The van der Waals surface area contributed by atoms with Crippen LogP contribution >= 0.6 is 15.9 Å². The summed E-state index contributed by atoms with van der Waals surface area (Å²) in [6.07, 6.45) is 0. The summed E-state index contributed by atoms with van der Waals surface area (Å²) in [4.78, 5) is 11.2. The first-order valence-corrected chi connectivity index (χ1v) is 7.97. The van der Waals surface area contributed by atoms with Gasteiger partial charge in [-0.25, -0.2) is 4.79 Å². The van der Waals surface area contributed by atoms with Crippen molar-refractivity contribution < 1.29 is 9.90 Å². The van der Waals surface area contributed by atoms with Crippen molar-refractivity contribution in [2.24, 2.45) is 0 Å². The third-order valence-electron chi connectivity index (χ3n) is 4.02. The smallest absolute Gasteiger partial charge is 0.336 e. The number of carboxylic acids is 1. The summed E-state index contributed by atoms with van der Waals surface area (Å²) in [5.74, 6) is -0.939. The number of aromatic carboxylic acids is 1. The van der Waals surface area contributed by atoms with Crippen LogP contribution in [0.5, 0.6) is 0 Å². The zero-order chi connectivity index (χ0) is 16.0. The average Bonchev–Trinajstić information content (AvgIpc) is 2.89. The average molecular weight is 366 g/mol. The van der Waals surface area contributed by atoms with E-state index < -0.39 is 5.97 Å². The highest BCUT2D eigenvalue weighted by Crippen LogP contribution is 2.32. The van der Waals surface area contributed by atoms with Crippen LogP contribution in [0.4, 0.5) is 0 Å². The molecular weight excluding hydrogens is 354 g/mol. The molecule has 0 bridgehead atoms. The van der Waals surface area contributed by atoms with Crippen LogP contribution in [0.25, 0.3) is 27.5 Å². The van der Waals surface area contributed by atoms with Crippen molar-refractivity contribution in [2.75, 3.05) is 0 Å². The van der Waals surface area contributed by atoms with Gasteiger partial charge in [0.1, 0.15) is 0 Å². The predicted octanol–water partition coefficient (Wildman–Crippen LogP) is 5.24. The minimum Gasteiger partial charge on any atom is -0.478 e. The quantitative estimate of drug-likeness (QED) is 0.527. The lowest BCUT2D eigenvalue weighted by Gasteiger charge is -2.09. The van der Waals surface area contributed by atoms with Crippen LogP contribution in [-0.2, 0) is 0 Å². The van der Waals surface area contributed by atoms with E-state index in [-0.39, 0.29) is 5.56 Å². The SMILES string of the molecule is O=C(O)c1ccc(-n2c3ccccc3c3ccccc32)cc1Br. The van der Waals surface area contributed by atoms with Gasteiger partial charge in [0.2, 0.25) is 0 Å². The van der Waals surface area contributed by atoms with E-state index in [4.69, 9.17) is 0 Å². The monoisotopic (exact) mass is 365 g/mol. The Bertz CT molecular complexity index is 1010. The van der Waals surface area contributed by atoms with E-state index in [9.17, 15) is 9.90 Å². The van der Waals surface area contributed by atoms with Crippen LogP contribution in [0.15, 0.2) is 71.2 Å². The summed E-state index contributed by atoms with van der Waals surface area (Å²) in [5, 5.41) is 11.6. The van der Waals surface area contributed by atoms with Crippen molar-refractivity contribution in [2.45, 2.75) is 0 Å². The van der Waals surface area contributed by atoms with Crippen molar-refractivity contribution in [1.82, 2.24) is 4.57 Å². The van der Waals surface area contributed by atoms with Crippen LogP contribution in [0, 0.1) is 0 Å². The van der Waals surface area contributed by atoms with Crippen LogP contribution in [-0.4, -0.2) is 15.6 Å². The lowest BCUT2D eigenvalue weighted by molar-refractivity contribution is 0.0696. The molecule has 0 saturated carbocycles. The van der Waals surface area contributed by atoms with Crippen LogP contribution in [0.3, 0.4) is 0 Å². The number of nitrogens with zero attached hydrogens (tertiary/aromatic N) is 1. The van der Waals surface area contributed by atoms with E-state index in [2.05, 4.69) is 44.8 Å². The molecule has 0 aliphatic rings. The number of hydrogen-bond donors (Lipinski definition) is 1. The van der Waals surface area contributed by atoms with Gasteiger partial charge in [-0.3, -0.25) is 0 Å². The number of halogens is 1. The Morgan fingerprint density at radius 1 is 0.870 bits per heavy atom. The molecule has 1 N–H and O–H groups in total. The molecule has 4 heteroatoms.